The van der Waals surface area contributed by atoms with Gasteiger partial charge in [-0.2, -0.15) is 0 Å². The molecule has 1 aromatic rings. The fourth-order valence-corrected chi connectivity index (χ4v) is 4.81. The molecular formula is C18H28N2O4S. The summed E-state index contributed by atoms with van der Waals surface area (Å²) < 4.78 is 25.1. The fourth-order valence-electron chi connectivity index (χ4n) is 3.40. The molecule has 6 nitrogen and oxygen atoms in total. The summed E-state index contributed by atoms with van der Waals surface area (Å²) in [5.74, 6) is -0.484. The molecule has 1 fully saturated rings. The van der Waals surface area contributed by atoms with Crippen LogP contribution in [-0.4, -0.2) is 60.5 Å². The number of hydrogen-bond donors (Lipinski definition) is 1. The molecular weight excluding hydrogens is 340 g/mol. The molecule has 0 saturated heterocycles. The molecule has 0 bridgehead atoms. The van der Waals surface area contributed by atoms with E-state index in [1.807, 2.05) is 0 Å². The molecule has 1 aliphatic rings. The molecule has 1 saturated carbocycles. The Hall–Kier alpha value is -1.60. The van der Waals surface area contributed by atoms with Crippen molar-refractivity contribution >= 4 is 15.9 Å². The topological polar surface area (TPSA) is 77.9 Å². The lowest BCUT2D eigenvalue weighted by Gasteiger charge is -2.39. The first-order valence-corrected chi connectivity index (χ1v) is 10.4. The Morgan fingerprint density at radius 3 is 2.12 bits per heavy atom. The third kappa shape index (κ3) is 4.95. The first-order valence-electron chi connectivity index (χ1n) is 8.71. The van der Waals surface area contributed by atoms with E-state index in [1.54, 1.807) is 18.2 Å². The molecule has 0 heterocycles. The number of hydrogen-bond acceptors (Lipinski definition) is 4. The second-order valence-electron chi connectivity index (χ2n) is 7.03. The lowest BCUT2D eigenvalue weighted by molar-refractivity contribution is 0.0916. The van der Waals surface area contributed by atoms with E-state index in [0.717, 1.165) is 17.7 Å². The van der Waals surface area contributed by atoms with Crippen LogP contribution >= 0.6 is 0 Å². The van der Waals surface area contributed by atoms with E-state index in [4.69, 9.17) is 0 Å². The van der Waals surface area contributed by atoms with Gasteiger partial charge in [0.25, 0.3) is 0 Å². The third-order valence-electron chi connectivity index (χ3n) is 5.15. The van der Waals surface area contributed by atoms with Gasteiger partial charge in [-0.05, 0) is 58.7 Å². The Morgan fingerprint density at radius 1 is 1.12 bits per heavy atom. The second kappa shape index (κ2) is 8.19. The van der Waals surface area contributed by atoms with Crippen LogP contribution in [0.1, 0.15) is 39.5 Å². The summed E-state index contributed by atoms with van der Waals surface area (Å²) in [7, 11) is -1.57. The highest BCUT2D eigenvalue weighted by molar-refractivity contribution is 7.91. The number of sulfone groups is 1. The molecule has 1 aromatic carbocycles. The van der Waals surface area contributed by atoms with Crippen LogP contribution in [0.4, 0.5) is 4.79 Å². The highest BCUT2D eigenvalue weighted by Gasteiger charge is 2.33. The van der Waals surface area contributed by atoms with Gasteiger partial charge < -0.3 is 10.0 Å². The van der Waals surface area contributed by atoms with Crippen molar-refractivity contribution in [3.05, 3.63) is 30.3 Å². The van der Waals surface area contributed by atoms with Crippen molar-refractivity contribution in [1.82, 2.24) is 9.80 Å². The predicted molar refractivity (Wildman–Crippen MR) is 97.3 cm³/mol. The van der Waals surface area contributed by atoms with Crippen molar-refractivity contribution in [3.8, 4) is 0 Å². The zero-order chi connectivity index (χ0) is 18.6. The molecule has 0 aliphatic heterocycles. The molecule has 1 aliphatic carbocycles. The Bertz CT molecular complexity index is 668. The predicted octanol–water partition coefficient (Wildman–Crippen LogP) is 3.05. The van der Waals surface area contributed by atoms with Crippen LogP contribution in [0.5, 0.6) is 0 Å². The smallest absolute Gasteiger partial charge is 0.408 e. The summed E-state index contributed by atoms with van der Waals surface area (Å²) in [4.78, 5) is 15.3. The monoisotopic (exact) mass is 368 g/mol. The number of carboxylic acid groups (broad SMARTS) is 1. The summed E-state index contributed by atoms with van der Waals surface area (Å²) in [5, 5.41) is 9.55. The van der Waals surface area contributed by atoms with Crippen LogP contribution in [0, 0.1) is 0 Å². The molecule has 0 unspecified atom stereocenters. The molecule has 7 heteroatoms. The van der Waals surface area contributed by atoms with Gasteiger partial charge in [-0.25, -0.2) is 13.2 Å². The standard InChI is InChI=1S/C18H28N2O4S/c1-14(2)19(3)15-9-11-16(12-10-15)20(18(21)22)13-25(23,24)17-7-5-4-6-8-17/h4-8,14-16H,9-13H2,1-3H3,(H,21,22). The van der Waals surface area contributed by atoms with E-state index in [0.29, 0.717) is 24.9 Å². The quantitative estimate of drug-likeness (QED) is 0.835. The van der Waals surface area contributed by atoms with E-state index in [2.05, 4.69) is 25.8 Å². The molecule has 0 atom stereocenters. The molecule has 0 aromatic heterocycles. The number of benzene rings is 1. The number of nitrogens with zero attached hydrogens (tertiary/aromatic N) is 2. The molecule has 1 amide bonds. The number of rotatable bonds is 6. The number of amides is 1. The van der Waals surface area contributed by atoms with Gasteiger partial charge in [0.2, 0.25) is 0 Å². The normalized spacial score (nSPS) is 21.5. The summed E-state index contributed by atoms with van der Waals surface area (Å²) in [6, 6.07) is 8.66. The van der Waals surface area contributed by atoms with E-state index in [-0.39, 0.29) is 10.9 Å². The van der Waals surface area contributed by atoms with E-state index >= 15 is 0 Å². The van der Waals surface area contributed by atoms with Crippen molar-refractivity contribution in [2.75, 3.05) is 12.9 Å². The van der Waals surface area contributed by atoms with Crippen molar-refractivity contribution in [2.24, 2.45) is 0 Å². The van der Waals surface area contributed by atoms with Crippen LogP contribution in [0.15, 0.2) is 35.2 Å². The maximum atomic E-state index is 12.5. The van der Waals surface area contributed by atoms with E-state index in [9.17, 15) is 18.3 Å². The molecule has 0 radical (unpaired) electrons. The van der Waals surface area contributed by atoms with Crippen molar-refractivity contribution in [3.63, 3.8) is 0 Å². The van der Waals surface area contributed by atoms with Gasteiger partial charge in [-0.15, -0.1) is 0 Å². The maximum Gasteiger partial charge on any atom is 0.408 e. The molecule has 1 N–H and O–H groups in total. The van der Waals surface area contributed by atoms with Gasteiger partial charge in [0.05, 0.1) is 4.90 Å². The molecule has 140 valence electrons. The first kappa shape index (κ1) is 19.7. The average molecular weight is 368 g/mol. The van der Waals surface area contributed by atoms with Gasteiger partial charge in [-0.1, -0.05) is 18.2 Å². The highest BCUT2D eigenvalue weighted by atomic mass is 32.2. The molecule has 2 rings (SSSR count). The van der Waals surface area contributed by atoms with Gasteiger partial charge in [-0.3, -0.25) is 4.90 Å². The van der Waals surface area contributed by atoms with Crippen LogP contribution in [0.3, 0.4) is 0 Å². The zero-order valence-corrected chi connectivity index (χ0v) is 15.9. The van der Waals surface area contributed by atoms with Crippen LogP contribution in [-0.2, 0) is 9.84 Å². The summed E-state index contributed by atoms with van der Waals surface area (Å²) >= 11 is 0. The van der Waals surface area contributed by atoms with Gasteiger partial charge >= 0.3 is 6.09 Å². The Balaban J connectivity index is 2.06. The summed E-state index contributed by atoms with van der Waals surface area (Å²) in [6.45, 7) is 4.28. The van der Waals surface area contributed by atoms with Gasteiger partial charge in [0.1, 0.15) is 5.88 Å². The van der Waals surface area contributed by atoms with Gasteiger partial charge in [0, 0.05) is 18.1 Å². The minimum Gasteiger partial charge on any atom is -0.465 e. The number of carbonyl (C=O) groups is 1. The summed E-state index contributed by atoms with van der Waals surface area (Å²) in [6.07, 6.45) is 1.99. The van der Waals surface area contributed by atoms with Crippen LogP contribution in [0.25, 0.3) is 0 Å². The van der Waals surface area contributed by atoms with E-state index < -0.39 is 21.8 Å². The van der Waals surface area contributed by atoms with Crippen molar-refractivity contribution in [2.45, 2.75) is 62.6 Å². The second-order valence-corrected chi connectivity index (χ2v) is 8.99. The lowest BCUT2D eigenvalue weighted by Crippen LogP contribution is -2.47. The highest BCUT2D eigenvalue weighted by Crippen LogP contribution is 2.28. The minimum atomic E-state index is -3.66. The summed E-state index contributed by atoms with van der Waals surface area (Å²) in [5.41, 5.74) is 0. The minimum absolute atomic E-state index is 0.162. The zero-order valence-electron chi connectivity index (χ0n) is 15.1. The third-order valence-corrected chi connectivity index (χ3v) is 6.76. The van der Waals surface area contributed by atoms with Crippen molar-refractivity contribution in [1.29, 1.82) is 0 Å². The van der Waals surface area contributed by atoms with E-state index in [1.165, 1.54) is 12.1 Å². The lowest BCUT2D eigenvalue weighted by atomic mass is 9.89. The first-order chi connectivity index (χ1) is 11.7. The molecule has 25 heavy (non-hydrogen) atoms. The Labute approximate surface area is 150 Å². The van der Waals surface area contributed by atoms with Crippen LogP contribution in [0.2, 0.25) is 0 Å². The average Bonchev–Trinajstić information content (AvgIpc) is 2.60. The SMILES string of the molecule is CC(C)N(C)C1CCC(N(CS(=O)(=O)c2ccccc2)C(=O)O)CC1. The van der Waals surface area contributed by atoms with Crippen molar-refractivity contribution < 1.29 is 18.3 Å². The van der Waals surface area contributed by atoms with Crippen LogP contribution < -0.4 is 0 Å². The fraction of sp³-hybridized carbons (Fsp3) is 0.611. The Kier molecular flexibility index (Phi) is 6.46. The largest absolute Gasteiger partial charge is 0.465 e. The molecule has 0 spiro atoms. The maximum absolute atomic E-state index is 12.5. The Morgan fingerprint density at radius 2 is 1.64 bits per heavy atom. The van der Waals surface area contributed by atoms with Gasteiger partial charge in [0.15, 0.2) is 9.84 Å².